The zero-order valence-electron chi connectivity index (χ0n) is 10.0. The molecule has 92 valence electrons. The number of carbonyl (C=O) groups excluding carboxylic acids is 1. The van der Waals surface area contributed by atoms with E-state index in [0.717, 1.165) is 12.2 Å². The molecule has 0 heterocycles. The van der Waals surface area contributed by atoms with Crippen LogP contribution in [0, 0.1) is 0 Å². The lowest BCUT2D eigenvalue weighted by Crippen LogP contribution is -2.10. The molecule has 3 nitrogen and oxygen atoms in total. The first-order valence-electron chi connectivity index (χ1n) is 5.82. The summed E-state index contributed by atoms with van der Waals surface area (Å²) in [5, 5.41) is 0. The molecule has 0 spiro atoms. The molecular formula is C15H15NO2. The Balaban J connectivity index is 1.85. The van der Waals surface area contributed by atoms with E-state index in [4.69, 9.17) is 10.5 Å². The molecule has 0 fully saturated rings. The van der Waals surface area contributed by atoms with Gasteiger partial charge < -0.3 is 10.5 Å². The average molecular weight is 241 g/mol. The van der Waals surface area contributed by atoms with Crippen molar-refractivity contribution < 1.29 is 9.53 Å². The Bertz CT molecular complexity index is 506. The molecule has 0 unspecified atom stereocenters. The summed E-state index contributed by atoms with van der Waals surface area (Å²) >= 11 is 0. The number of benzene rings is 2. The second kappa shape index (κ2) is 5.87. The molecule has 2 N–H and O–H groups in total. The van der Waals surface area contributed by atoms with Crippen LogP contribution in [0.5, 0.6) is 5.75 Å². The van der Waals surface area contributed by atoms with Gasteiger partial charge >= 0.3 is 0 Å². The van der Waals surface area contributed by atoms with E-state index in [1.165, 1.54) is 5.56 Å². The summed E-state index contributed by atoms with van der Waals surface area (Å²) in [5.74, 6) is 0.321. The predicted molar refractivity (Wildman–Crippen MR) is 70.6 cm³/mol. The molecule has 2 aromatic carbocycles. The Kier molecular flexibility index (Phi) is 3.97. The largest absolute Gasteiger partial charge is 0.493 e. The maximum atomic E-state index is 10.9. The molecule has 0 saturated carbocycles. The molecule has 0 aliphatic heterocycles. The van der Waals surface area contributed by atoms with Crippen LogP contribution in [0.25, 0.3) is 0 Å². The molecule has 0 aliphatic carbocycles. The van der Waals surface area contributed by atoms with Gasteiger partial charge in [-0.2, -0.15) is 0 Å². The molecule has 0 saturated heterocycles. The Hall–Kier alpha value is -2.29. The number of ether oxygens (including phenoxy) is 1. The van der Waals surface area contributed by atoms with Crippen LogP contribution in [-0.4, -0.2) is 12.5 Å². The molecular weight excluding hydrogens is 226 g/mol. The van der Waals surface area contributed by atoms with Crippen molar-refractivity contribution in [3.8, 4) is 5.75 Å². The van der Waals surface area contributed by atoms with Gasteiger partial charge in [0.05, 0.1) is 6.61 Å². The fourth-order valence-corrected chi connectivity index (χ4v) is 1.65. The van der Waals surface area contributed by atoms with Crippen LogP contribution >= 0.6 is 0 Å². The summed E-state index contributed by atoms with van der Waals surface area (Å²) in [6.07, 6.45) is 0.860. The molecule has 0 aliphatic rings. The second-order valence-corrected chi connectivity index (χ2v) is 3.97. The molecule has 2 aromatic rings. The predicted octanol–water partition coefficient (Wildman–Crippen LogP) is 2.41. The van der Waals surface area contributed by atoms with Crippen LogP contribution in [0.3, 0.4) is 0 Å². The summed E-state index contributed by atoms with van der Waals surface area (Å²) in [4.78, 5) is 10.9. The van der Waals surface area contributed by atoms with Crippen molar-refractivity contribution in [2.24, 2.45) is 5.73 Å². The van der Waals surface area contributed by atoms with Crippen LogP contribution in [0.4, 0.5) is 0 Å². The van der Waals surface area contributed by atoms with Crippen molar-refractivity contribution in [3.63, 3.8) is 0 Å². The number of nitrogens with two attached hydrogens (primary N) is 1. The first-order chi connectivity index (χ1) is 8.75. The van der Waals surface area contributed by atoms with E-state index in [-0.39, 0.29) is 0 Å². The normalized spacial score (nSPS) is 10.0. The van der Waals surface area contributed by atoms with E-state index in [2.05, 4.69) is 12.1 Å². The van der Waals surface area contributed by atoms with E-state index in [1.807, 2.05) is 18.2 Å². The Morgan fingerprint density at radius 2 is 1.67 bits per heavy atom. The van der Waals surface area contributed by atoms with Gasteiger partial charge in [-0.1, -0.05) is 30.3 Å². The van der Waals surface area contributed by atoms with Crippen molar-refractivity contribution in [1.82, 2.24) is 0 Å². The minimum atomic E-state index is -0.425. The highest BCUT2D eigenvalue weighted by atomic mass is 16.5. The molecule has 0 radical (unpaired) electrons. The topological polar surface area (TPSA) is 52.3 Å². The maximum absolute atomic E-state index is 10.9. The molecule has 1 amide bonds. The fourth-order valence-electron chi connectivity index (χ4n) is 1.65. The van der Waals surface area contributed by atoms with E-state index in [9.17, 15) is 4.79 Å². The van der Waals surface area contributed by atoms with E-state index >= 15 is 0 Å². The van der Waals surface area contributed by atoms with Gasteiger partial charge in [-0.3, -0.25) is 4.79 Å². The zero-order chi connectivity index (χ0) is 12.8. The van der Waals surface area contributed by atoms with Crippen LogP contribution in [-0.2, 0) is 6.42 Å². The van der Waals surface area contributed by atoms with Crippen LogP contribution < -0.4 is 10.5 Å². The molecule has 0 bridgehead atoms. The minimum absolute atomic E-state index is 0.425. The number of carbonyl (C=O) groups is 1. The second-order valence-electron chi connectivity index (χ2n) is 3.97. The van der Waals surface area contributed by atoms with Gasteiger partial charge in [-0.05, 0) is 29.8 Å². The number of hydrogen-bond acceptors (Lipinski definition) is 2. The lowest BCUT2D eigenvalue weighted by Gasteiger charge is -2.06. The van der Waals surface area contributed by atoms with Gasteiger partial charge in [0.1, 0.15) is 5.75 Å². The quantitative estimate of drug-likeness (QED) is 0.874. The Morgan fingerprint density at radius 1 is 1.00 bits per heavy atom. The first-order valence-corrected chi connectivity index (χ1v) is 5.82. The lowest BCUT2D eigenvalue weighted by molar-refractivity contribution is 0.100. The Labute approximate surface area is 106 Å². The summed E-state index contributed by atoms with van der Waals surface area (Å²) in [5.41, 5.74) is 6.89. The van der Waals surface area contributed by atoms with Crippen molar-refractivity contribution in [2.45, 2.75) is 6.42 Å². The van der Waals surface area contributed by atoms with E-state index in [0.29, 0.717) is 12.2 Å². The summed E-state index contributed by atoms with van der Waals surface area (Å²) in [6, 6.07) is 17.0. The van der Waals surface area contributed by atoms with Crippen LogP contribution in [0.15, 0.2) is 54.6 Å². The summed E-state index contributed by atoms with van der Waals surface area (Å²) < 4.78 is 5.59. The highest BCUT2D eigenvalue weighted by Crippen LogP contribution is 2.12. The molecule has 0 atom stereocenters. The third-order valence-electron chi connectivity index (χ3n) is 2.64. The van der Waals surface area contributed by atoms with Crippen LogP contribution in [0.2, 0.25) is 0 Å². The standard InChI is InChI=1S/C15H15NO2/c16-15(17)13-6-8-14(9-7-13)18-11-10-12-4-2-1-3-5-12/h1-9H,10-11H2,(H2,16,17). The molecule has 2 rings (SSSR count). The SMILES string of the molecule is NC(=O)c1ccc(OCCc2ccccc2)cc1. The van der Waals surface area contributed by atoms with Crippen LogP contribution in [0.1, 0.15) is 15.9 Å². The minimum Gasteiger partial charge on any atom is -0.493 e. The fraction of sp³-hybridized carbons (Fsp3) is 0.133. The van der Waals surface area contributed by atoms with E-state index in [1.54, 1.807) is 24.3 Å². The Morgan fingerprint density at radius 3 is 2.28 bits per heavy atom. The summed E-state index contributed by atoms with van der Waals surface area (Å²) in [6.45, 7) is 0.611. The molecule has 3 heteroatoms. The summed E-state index contributed by atoms with van der Waals surface area (Å²) in [7, 11) is 0. The number of hydrogen-bond donors (Lipinski definition) is 1. The van der Waals surface area contributed by atoms with Gasteiger partial charge in [0.15, 0.2) is 0 Å². The number of primary amides is 1. The van der Waals surface area contributed by atoms with Gasteiger partial charge in [0.2, 0.25) is 5.91 Å². The number of rotatable bonds is 5. The van der Waals surface area contributed by atoms with Crippen molar-refractivity contribution in [2.75, 3.05) is 6.61 Å². The molecule has 0 aromatic heterocycles. The van der Waals surface area contributed by atoms with Gasteiger partial charge in [-0.25, -0.2) is 0 Å². The average Bonchev–Trinajstić information content (AvgIpc) is 2.40. The van der Waals surface area contributed by atoms with Crippen molar-refractivity contribution in [1.29, 1.82) is 0 Å². The van der Waals surface area contributed by atoms with Gasteiger partial charge in [-0.15, -0.1) is 0 Å². The van der Waals surface area contributed by atoms with Gasteiger partial charge in [0, 0.05) is 12.0 Å². The molecule has 18 heavy (non-hydrogen) atoms. The van der Waals surface area contributed by atoms with Crippen molar-refractivity contribution in [3.05, 3.63) is 65.7 Å². The monoisotopic (exact) mass is 241 g/mol. The van der Waals surface area contributed by atoms with Crippen molar-refractivity contribution >= 4 is 5.91 Å². The third-order valence-corrected chi connectivity index (χ3v) is 2.64. The third kappa shape index (κ3) is 3.35. The highest BCUT2D eigenvalue weighted by Gasteiger charge is 2.00. The van der Waals surface area contributed by atoms with E-state index < -0.39 is 5.91 Å². The van der Waals surface area contributed by atoms with Gasteiger partial charge in [0.25, 0.3) is 0 Å². The first kappa shape index (κ1) is 12.2. The highest BCUT2D eigenvalue weighted by molar-refractivity contribution is 5.92. The smallest absolute Gasteiger partial charge is 0.248 e. The zero-order valence-corrected chi connectivity index (χ0v) is 10.0. The maximum Gasteiger partial charge on any atom is 0.248 e. The number of amides is 1. The lowest BCUT2D eigenvalue weighted by atomic mass is 10.2.